The SMILES string of the molecule is CCOCCOOc1ccc(C)cc1. The summed E-state index contributed by atoms with van der Waals surface area (Å²) in [7, 11) is 0. The summed E-state index contributed by atoms with van der Waals surface area (Å²) in [6.07, 6.45) is 0. The van der Waals surface area contributed by atoms with Crippen LogP contribution in [0.2, 0.25) is 0 Å². The van der Waals surface area contributed by atoms with Gasteiger partial charge in [-0.2, -0.15) is 4.89 Å². The molecule has 0 saturated carbocycles. The molecule has 0 unspecified atom stereocenters. The molecule has 0 atom stereocenters. The molecule has 14 heavy (non-hydrogen) atoms. The molecule has 0 spiro atoms. The second kappa shape index (κ2) is 6.40. The average molecular weight is 196 g/mol. The second-order valence-electron chi connectivity index (χ2n) is 2.92. The summed E-state index contributed by atoms with van der Waals surface area (Å²) in [5.74, 6) is 0.715. The van der Waals surface area contributed by atoms with Gasteiger partial charge in [-0.25, -0.2) is 0 Å². The van der Waals surface area contributed by atoms with Crippen LogP contribution < -0.4 is 4.89 Å². The molecule has 78 valence electrons. The van der Waals surface area contributed by atoms with Gasteiger partial charge in [-0.1, -0.05) is 17.7 Å². The highest BCUT2D eigenvalue weighted by Crippen LogP contribution is 2.11. The van der Waals surface area contributed by atoms with E-state index in [0.29, 0.717) is 25.6 Å². The highest BCUT2D eigenvalue weighted by Gasteiger charge is 1.93. The van der Waals surface area contributed by atoms with Crippen molar-refractivity contribution in [1.82, 2.24) is 0 Å². The molecule has 3 heteroatoms. The quantitative estimate of drug-likeness (QED) is 0.397. The maximum atomic E-state index is 5.09. The van der Waals surface area contributed by atoms with Crippen LogP contribution in [0.4, 0.5) is 0 Å². The summed E-state index contributed by atoms with van der Waals surface area (Å²) in [5.41, 5.74) is 1.20. The molecule has 0 heterocycles. The van der Waals surface area contributed by atoms with Crippen molar-refractivity contribution < 1.29 is 14.5 Å². The van der Waals surface area contributed by atoms with Gasteiger partial charge in [0.05, 0.1) is 6.61 Å². The molecule has 0 radical (unpaired) electrons. The number of rotatable bonds is 6. The van der Waals surface area contributed by atoms with Crippen LogP contribution in [-0.4, -0.2) is 19.8 Å². The smallest absolute Gasteiger partial charge is 0.165 e. The van der Waals surface area contributed by atoms with E-state index in [-0.39, 0.29) is 0 Å². The van der Waals surface area contributed by atoms with E-state index in [1.165, 1.54) is 5.56 Å². The third kappa shape index (κ3) is 4.25. The number of ether oxygens (including phenoxy) is 1. The molecular formula is C11H16O3. The molecular weight excluding hydrogens is 180 g/mol. The van der Waals surface area contributed by atoms with Gasteiger partial charge < -0.3 is 9.62 Å². The number of benzene rings is 1. The van der Waals surface area contributed by atoms with Crippen molar-refractivity contribution in [2.45, 2.75) is 13.8 Å². The number of aryl methyl sites for hydroxylation is 1. The minimum absolute atomic E-state index is 0.446. The third-order valence-corrected chi connectivity index (χ3v) is 1.69. The molecule has 0 saturated heterocycles. The summed E-state index contributed by atoms with van der Waals surface area (Å²) in [6, 6.07) is 7.69. The Morgan fingerprint density at radius 2 is 1.79 bits per heavy atom. The summed E-state index contributed by atoms with van der Waals surface area (Å²) in [6.45, 7) is 5.68. The Morgan fingerprint density at radius 1 is 1.07 bits per heavy atom. The van der Waals surface area contributed by atoms with Crippen LogP contribution in [0.3, 0.4) is 0 Å². The van der Waals surface area contributed by atoms with Crippen molar-refractivity contribution in [2.24, 2.45) is 0 Å². The Hall–Kier alpha value is -1.06. The highest BCUT2D eigenvalue weighted by molar-refractivity contribution is 5.25. The van der Waals surface area contributed by atoms with Crippen LogP contribution in [-0.2, 0) is 9.62 Å². The average Bonchev–Trinajstić information content (AvgIpc) is 2.21. The van der Waals surface area contributed by atoms with Gasteiger partial charge in [0.15, 0.2) is 5.75 Å². The monoisotopic (exact) mass is 196 g/mol. The summed E-state index contributed by atoms with van der Waals surface area (Å²) >= 11 is 0. The van der Waals surface area contributed by atoms with Crippen molar-refractivity contribution in [2.75, 3.05) is 19.8 Å². The van der Waals surface area contributed by atoms with Crippen molar-refractivity contribution in [3.63, 3.8) is 0 Å². The number of hydrogen-bond acceptors (Lipinski definition) is 3. The van der Waals surface area contributed by atoms with Crippen molar-refractivity contribution in [3.05, 3.63) is 29.8 Å². The zero-order valence-corrected chi connectivity index (χ0v) is 8.66. The van der Waals surface area contributed by atoms with Crippen molar-refractivity contribution >= 4 is 0 Å². The van der Waals surface area contributed by atoms with Crippen LogP contribution in [0, 0.1) is 6.92 Å². The number of hydrogen-bond donors (Lipinski definition) is 0. The zero-order valence-electron chi connectivity index (χ0n) is 8.66. The Kier molecular flexibility index (Phi) is 5.04. The molecule has 1 rings (SSSR count). The Morgan fingerprint density at radius 3 is 2.43 bits per heavy atom. The molecule has 0 N–H and O–H groups in total. The molecule has 0 aliphatic heterocycles. The van der Waals surface area contributed by atoms with Crippen LogP contribution in [0.5, 0.6) is 5.75 Å². The predicted molar refractivity (Wildman–Crippen MR) is 54.3 cm³/mol. The maximum Gasteiger partial charge on any atom is 0.165 e. The first-order valence-corrected chi connectivity index (χ1v) is 4.77. The van der Waals surface area contributed by atoms with Crippen molar-refractivity contribution in [3.8, 4) is 5.75 Å². The van der Waals surface area contributed by atoms with Gasteiger partial charge in [0.1, 0.15) is 6.61 Å². The van der Waals surface area contributed by atoms with Crippen LogP contribution in [0.25, 0.3) is 0 Å². The fourth-order valence-corrected chi connectivity index (χ4v) is 0.941. The molecule has 0 bridgehead atoms. The molecule has 1 aromatic carbocycles. The summed E-state index contributed by atoms with van der Waals surface area (Å²) < 4.78 is 5.09. The first-order chi connectivity index (χ1) is 6.83. The van der Waals surface area contributed by atoms with Crippen LogP contribution in [0.1, 0.15) is 12.5 Å². The van der Waals surface area contributed by atoms with Gasteiger partial charge >= 0.3 is 0 Å². The molecule has 0 aliphatic rings. The van der Waals surface area contributed by atoms with Gasteiger partial charge in [0.25, 0.3) is 0 Å². The standard InChI is InChI=1S/C11H16O3/c1-3-12-8-9-13-14-11-6-4-10(2)5-7-11/h4-7H,3,8-9H2,1-2H3. The fourth-order valence-electron chi connectivity index (χ4n) is 0.941. The van der Waals surface area contributed by atoms with Crippen LogP contribution >= 0.6 is 0 Å². The van der Waals surface area contributed by atoms with E-state index in [1.807, 2.05) is 38.1 Å². The van der Waals surface area contributed by atoms with Gasteiger partial charge in [-0.15, -0.1) is 0 Å². The lowest BCUT2D eigenvalue weighted by atomic mass is 10.2. The summed E-state index contributed by atoms with van der Waals surface area (Å²) in [5, 5.41) is 0. The van der Waals surface area contributed by atoms with E-state index < -0.39 is 0 Å². The summed E-state index contributed by atoms with van der Waals surface area (Å²) in [4.78, 5) is 9.96. The molecule has 1 aromatic rings. The predicted octanol–water partition coefficient (Wildman–Crippen LogP) is 2.34. The zero-order chi connectivity index (χ0) is 10.2. The maximum absolute atomic E-state index is 5.09. The third-order valence-electron chi connectivity index (χ3n) is 1.69. The van der Waals surface area contributed by atoms with Crippen molar-refractivity contribution in [1.29, 1.82) is 0 Å². The minimum Gasteiger partial charge on any atom is -0.379 e. The topological polar surface area (TPSA) is 27.7 Å². The fraction of sp³-hybridized carbons (Fsp3) is 0.455. The molecule has 0 aliphatic carbocycles. The Bertz CT molecular complexity index is 243. The molecule has 0 fully saturated rings. The van der Waals surface area contributed by atoms with Gasteiger partial charge in [0, 0.05) is 6.61 Å². The van der Waals surface area contributed by atoms with E-state index in [2.05, 4.69) is 0 Å². The molecule has 3 nitrogen and oxygen atoms in total. The van der Waals surface area contributed by atoms with E-state index in [0.717, 1.165) is 0 Å². The molecule has 0 amide bonds. The second-order valence-corrected chi connectivity index (χ2v) is 2.92. The van der Waals surface area contributed by atoms with E-state index in [1.54, 1.807) is 0 Å². The Labute approximate surface area is 84.5 Å². The lowest BCUT2D eigenvalue weighted by Gasteiger charge is -2.04. The van der Waals surface area contributed by atoms with E-state index >= 15 is 0 Å². The van der Waals surface area contributed by atoms with Gasteiger partial charge in [-0.05, 0) is 26.0 Å². The van der Waals surface area contributed by atoms with E-state index in [4.69, 9.17) is 14.5 Å². The highest BCUT2D eigenvalue weighted by atomic mass is 17.2. The first kappa shape index (κ1) is 11.0. The van der Waals surface area contributed by atoms with Crippen LogP contribution in [0.15, 0.2) is 24.3 Å². The first-order valence-electron chi connectivity index (χ1n) is 4.77. The lowest BCUT2D eigenvalue weighted by molar-refractivity contribution is -0.214. The normalized spacial score (nSPS) is 10.1. The van der Waals surface area contributed by atoms with Gasteiger partial charge in [0.2, 0.25) is 0 Å². The van der Waals surface area contributed by atoms with Gasteiger partial charge in [-0.3, -0.25) is 0 Å². The molecule has 0 aromatic heterocycles. The Balaban J connectivity index is 2.15. The lowest BCUT2D eigenvalue weighted by Crippen LogP contribution is -2.06. The minimum atomic E-state index is 0.446. The van der Waals surface area contributed by atoms with E-state index in [9.17, 15) is 0 Å². The largest absolute Gasteiger partial charge is 0.379 e.